The number of nitrogens with zero attached hydrogens (tertiary/aromatic N) is 1. The highest BCUT2D eigenvalue weighted by atomic mass is 16.5. The Morgan fingerprint density at radius 2 is 2.30 bits per heavy atom. The van der Waals surface area contributed by atoms with Crippen LogP contribution in [-0.4, -0.2) is 39.0 Å². The van der Waals surface area contributed by atoms with Gasteiger partial charge < -0.3 is 21.1 Å². The van der Waals surface area contributed by atoms with Gasteiger partial charge >= 0.3 is 0 Å². The summed E-state index contributed by atoms with van der Waals surface area (Å²) in [6.45, 7) is 4.62. The molecule has 1 aromatic rings. The van der Waals surface area contributed by atoms with Gasteiger partial charge in [0.15, 0.2) is 0 Å². The number of amidine groups is 1. The number of nitrogens with one attached hydrogen (secondary N) is 2. The summed E-state index contributed by atoms with van der Waals surface area (Å²) in [5.74, 6) is 0.650. The second-order valence-electron chi connectivity index (χ2n) is 3.97. The first-order valence-electron chi connectivity index (χ1n) is 6.19. The minimum absolute atomic E-state index is 0.312. The van der Waals surface area contributed by atoms with Crippen molar-refractivity contribution in [3.8, 4) is 5.75 Å². The fourth-order valence-corrected chi connectivity index (χ4v) is 1.49. The van der Waals surface area contributed by atoms with E-state index in [2.05, 4.69) is 22.2 Å². The molecule has 0 bridgehead atoms. The van der Waals surface area contributed by atoms with Crippen LogP contribution in [0.15, 0.2) is 35.8 Å². The van der Waals surface area contributed by atoms with E-state index in [1.165, 1.54) is 6.08 Å². The molecular weight excluding hydrogens is 256 g/mol. The summed E-state index contributed by atoms with van der Waals surface area (Å²) in [7, 11) is 3.44. The topological polar surface area (TPSA) is 88.7 Å². The standard InChI is InChI=1S/C14H20N4O2/c1-4-13(19)18-11-9-10(14(15)17-3)5-6-12(11)20-8-7-16-2/h4-6,9,16H,1,7-8H2,2-3H3,(H2,15,17)(H,18,19). The molecule has 0 aliphatic rings. The number of carbonyl (C=O) groups excluding carboxylic acids is 1. The molecular formula is C14H20N4O2. The van der Waals surface area contributed by atoms with Crippen molar-refractivity contribution in [1.82, 2.24) is 5.32 Å². The number of hydrogen-bond donors (Lipinski definition) is 3. The Bertz CT molecular complexity index is 512. The molecule has 0 heterocycles. The fraction of sp³-hybridized carbons (Fsp3) is 0.286. The third-order valence-corrected chi connectivity index (χ3v) is 2.57. The summed E-state index contributed by atoms with van der Waals surface area (Å²) in [6.07, 6.45) is 1.20. The number of rotatable bonds is 7. The molecule has 6 heteroatoms. The van der Waals surface area contributed by atoms with Gasteiger partial charge in [-0.05, 0) is 31.3 Å². The third-order valence-electron chi connectivity index (χ3n) is 2.57. The Labute approximate surface area is 118 Å². The number of nitrogens with two attached hydrogens (primary N) is 1. The highest BCUT2D eigenvalue weighted by Crippen LogP contribution is 2.26. The van der Waals surface area contributed by atoms with Crippen LogP contribution in [0.3, 0.4) is 0 Å². The molecule has 4 N–H and O–H groups in total. The number of benzene rings is 1. The van der Waals surface area contributed by atoms with Crippen LogP contribution in [0.1, 0.15) is 5.56 Å². The van der Waals surface area contributed by atoms with Gasteiger partial charge in [0.25, 0.3) is 0 Å². The largest absolute Gasteiger partial charge is 0.490 e. The molecule has 0 saturated carbocycles. The van der Waals surface area contributed by atoms with Gasteiger partial charge in [0.2, 0.25) is 5.91 Å². The molecule has 0 aliphatic carbocycles. The lowest BCUT2D eigenvalue weighted by Gasteiger charge is -2.13. The lowest BCUT2D eigenvalue weighted by Crippen LogP contribution is -2.18. The van der Waals surface area contributed by atoms with E-state index in [1.807, 2.05) is 7.05 Å². The third kappa shape index (κ3) is 4.40. The quantitative estimate of drug-likeness (QED) is 0.297. The molecule has 0 aromatic heterocycles. The van der Waals surface area contributed by atoms with Crippen LogP contribution in [0.4, 0.5) is 5.69 Å². The Balaban J connectivity index is 3.02. The normalized spacial score (nSPS) is 11.0. The van der Waals surface area contributed by atoms with E-state index < -0.39 is 0 Å². The smallest absolute Gasteiger partial charge is 0.247 e. The van der Waals surface area contributed by atoms with Crippen molar-refractivity contribution in [2.75, 3.05) is 32.6 Å². The van der Waals surface area contributed by atoms with Crippen LogP contribution in [0.5, 0.6) is 5.75 Å². The van der Waals surface area contributed by atoms with Gasteiger partial charge in [-0.15, -0.1) is 0 Å². The van der Waals surface area contributed by atoms with Gasteiger partial charge in [-0.3, -0.25) is 9.79 Å². The summed E-state index contributed by atoms with van der Waals surface area (Å²) in [4.78, 5) is 15.4. The second-order valence-corrected chi connectivity index (χ2v) is 3.97. The van der Waals surface area contributed by atoms with Gasteiger partial charge in [-0.1, -0.05) is 6.58 Å². The van der Waals surface area contributed by atoms with E-state index in [9.17, 15) is 4.79 Å². The number of hydrogen-bond acceptors (Lipinski definition) is 4. The van der Waals surface area contributed by atoms with E-state index in [0.29, 0.717) is 36.0 Å². The van der Waals surface area contributed by atoms with E-state index in [0.717, 1.165) is 0 Å². The molecule has 108 valence electrons. The van der Waals surface area contributed by atoms with Crippen LogP contribution < -0.4 is 21.1 Å². The highest BCUT2D eigenvalue weighted by molar-refractivity contribution is 6.02. The van der Waals surface area contributed by atoms with Crippen LogP contribution in [0.2, 0.25) is 0 Å². The zero-order valence-corrected chi connectivity index (χ0v) is 11.8. The first kappa shape index (κ1) is 15.7. The Kier molecular flexibility index (Phi) is 6.25. The summed E-state index contributed by atoms with van der Waals surface area (Å²) >= 11 is 0. The molecule has 1 rings (SSSR count). The van der Waals surface area contributed by atoms with Crippen molar-refractivity contribution in [3.05, 3.63) is 36.4 Å². The van der Waals surface area contributed by atoms with Crippen LogP contribution in [0.25, 0.3) is 0 Å². The average molecular weight is 276 g/mol. The van der Waals surface area contributed by atoms with Crippen molar-refractivity contribution >= 4 is 17.4 Å². The summed E-state index contributed by atoms with van der Waals surface area (Å²) < 4.78 is 5.60. The predicted molar refractivity (Wildman–Crippen MR) is 81.3 cm³/mol. The monoisotopic (exact) mass is 276 g/mol. The summed E-state index contributed by atoms with van der Waals surface area (Å²) in [6, 6.07) is 5.26. The minimum Gasteiger partial charge on any atom is -0.490 e. The van der Waals surface area contributed by atoms with E-state index in [-0.39, 0.29) is 5.91 Å². The molecule has 1 amide bonds. The lowest BCUT2D eigenvalue weighted by molar-refractivity contribution is -0.111. The molecule has 0 fully saturated rings. The van der Waals surface area contributed by atoms with E-state index in [4.69, 9.17) is 10.5 Å². The number of amides is 1. The first-order chi connectivity index (χ1) is 9.62. The maximum absolute atomic E-state index is 11.5. The minimum atomic E-state index is -0.312. The van der Waals surface area contributed by atoms with Crippen LogP contribution in [0, 0.1) is 0 Å². The fourth-order valence-electron chi connectivity index (χ4n) is 1.49. The number of carbonyl (C=O) groups is 1. The van der Waals surface area contributed by atoms with Crippen LogP contribution >= 0.6 is 0 Å². The zero-order valence-electron chi connectivity index (χ0n) is 11.8. The number of ether oxygens (including phenoxy) is 1. The SMILES string of the molecule is C=CC(=O)Nc1cc(C(N)=NC)ccc1OCCNC. The number of likely N-dealkylation sites (N-methyl/N-ethyl adjacent to an activating group) is 1. The van der Waals surface area contributed by atoms with E-state index in [1.54, 1.807) is 25.2 Å². The van der Waals surface area contributed by atoms with E-state index >= 15 is 0 Å². The molecule has 0 spiro atoms. The zero-order chi connectivity index (χ0) is 15.0. The van der Waals surface area contributed by atoms with Gasteiger partial charge in [-0.2, -0.15) is 0 Å². The molecule has 0 radical (unpaired) electrons. The maximum atomic E-state index is 11.5. The average Bonchev–Trinajstić information content (AvgIpc) is 2.47. The van der Waals surface area contributed by atoms with Gasteiger partial charge in [0.1, 0.15) is 18.2 Å². The molecule has 6 nitrogen and oxygen atoms in total. The number of aliphatic imine (C=N–C) groups is 1. The predicted octanol–water partition coefficient (Wildman–Crippen LogP) is 0.744. The van der Waals surface area contributed by atoms with Crippen molar-refractivity contribution in [1.29, 1.82) is 0 Å². The van der Waals surface area contributed by atoms with Crippen molar-refractivity contribution in [2.24, 2.45) is 10.7 Å². The second kappa shape index (κ2) is 7.96. The first-order valence-corrected chi connectivity index (χ1v) is 6.19. The Hall–Kier alpha value is -2.34. The Morgan fingerprint density at radius 3 is 2.90 bits per heavy atom. The molecule has 0 atom stereocenters. The number of anilines is 1. The van der Waals surface area contributed by atoms with Crippen molar-refractivity contribution in [2.45, 2.75) is 0 Å². The Morgan fingerprint density at radius 1 is 1.55 bits per heavy atom. The molecule has 1 aromatic carbocycles. The van der Waals surface area contributed by atoms with Crippen LogP contribution in [-0.2, 0) is 4.79 Å². The molecule has 0 aliphatic heterocycles. The highest BCUT2D eigenvalue weighted by Gasteiger charge is 2.09. The molecule has 20 heavy (non-hydrogen) atoms. The summed E-state index contributed by atoms with van der Waals surface area (Å²) in [5, 5.41) is 5.67. The van der Waals surface area contributed by atoms with Gasteiger partial charge in [0.05, 0.1) is 5.69 Å². The molecule has 0 unspecified atom stereocenters. The van der Waals surface area contributed by atoms with Gasteiger partial charge in [-0.25, -0.2) is 0 Å². The molecule has 0 saturated heterocycles. The van der Waals surface area contributed by atoms with Crippen molar-refractivity contribution in [3.63, 3.8) is 0 Å². The lowest BCUT2D eigenvalue weighted by atomic mass is 10.1. The summed E-state index contributed by atoms with van der Waals surface area (Å²) in [5.41, 5.74) is 7.02. The maximum Gasteiger partial charge on any atom is 0.247 e. The van der Waals surface area contributed by atoms with Crippen molar-refractivity contribution < 1.29 is 9.53 Å². The van der Waals surface area contributed by atoms with Gasteiger partial charge in [0, 0.05) is 19.2 Å².